The summed E-state index contributed by atoms with van der Waals surface area (Å²) in [5, 5.41) is 1.64. The number of carbonyl (C=O) groups is 1. The van der Waals surface area contributed by atoms with Gasteiger partial charge in [0, 0.05) is 20.2 Å². The first-order valence-electron chi connectivity index (χ1n) is 5.48. The quantitative estimate of drug-likeness (QED) is 0.732. The molecule has 5 nitrogen and oxygen atoms in total. The van der Waals surface area contributed by atoms with Gasteiger partial charge in [0.15, 0.2) is 0 Å². The molecule has 1 heterocycles. The van der Waals surface area contributed by atoms with Crippen molar-refractivity contribution in [3.63, 3.8) is 0 Å². The maximum Gasteiger partial charge on any atom is 0.340 e. The molecule has 1 rings (SSSR count). The molecule has 5 heteroatoms. The molecule has 0 aliphatic carbocycles. The van der Waals surface area contributed by atoms with Gasteiger partial charge < -0.3 is 9.75 Å². The van der Waals surface area contributed by atoms with Crippen LogP contribution >= 0.6 is 0 Å². The average molecular weight is 238 g/mol. The third kappa shape index (κ3) is 2.49. The summed E-state index contributed by atoms with van der Waals surface area (Å²) in [6.07, 6.45) is 0. The van der Waals surface area contributed by atoms with Gasteiger partial charge in [0.1, 0.15) is 0 Å². The average Bonchev–Trinajstić information content (AvgIpc) is 2.15. The molecule has 0 aliphatic heterocycles. The first kappa shape index (κ1) is 13.3. The van der Waals surface area contributed by atoms with E-state index >= 15 is 0 Å². The van der Waals surface area contributed by atoms with Crippen LogP contribution in [0.15, 0.2) is 10.9 Å². The molecule has 0 atom stereocenters. The van der Waals surface area contributed by atoms with Crippen LogP contribution in [0, 0.1) is 13.8 Å². The number of ether oxygens (including phenoxy) is 1. The van der Waals surface area contributed by atoms with Gasteiger partial charge in [0.2, 0.25) is 0 Å². The summed E-state index contributed by atoms with van der Waals surface area (Å²) in [4.78, 5) is 23.6. The van der Waals surface area contributed by atoms with E-state index in [0.717, 1.165) is 0 Å². The van der Waals surface area contributed by atoms with Crippen molar-refractivity contribution in [3.8, 4) is 0 Å². The van der Waals surface area contributed by atoms with Gasteiger partial charge in [-0.15, -0.1) is 0 Å². The van der Waals surface area contributed by atoms with Crippen molar-refractivity contribution in [2.24, 2.45) is 0 Å². The topological polar surface area (TPSA) is 51.5 Å². The third-order valence-corrected chi connectivity index (χ3v) is 2.50. The Hall–Kier alpha value is -1.78. The lowest BCUT2D eigenvalue weighted by Crippen LogP contribution is -2.38. The van der Waals surface area contributed by atoms with Crippen LogP contribution in [0.1, 0.15) is 28.5 Å². The predicted octanol–water partition coefficient (Wildman–Crippen LogP) is 0.839. The third-order valence-electron chi connectivity index (χ3n) is 2.50. The lowest BCUT2D eigenvalue weighted by atomic mass is 10.1. The second kappa shape index (κ2) is 5.03. The number of hydrogen-bond acceptors (Lipinski definition) is 4. The van der Waals surface area contributed by atoms with Crippen molar-refractivity contribution in [3.05, 3.63) is 33.2 Å². The highest BCUT2D eigenvalue weighted by molar-refractivity contribution is 5.92. The van der Waals surface area contributed by atoms with Gasteiger partial charge in [-0.1, -0.05) is 0 Å². The molecule has 17 heavy (non-hydrogen) atoms. The molecule has 1 aromatic rings. The van der Waals surface area contributed by atoms with E-state index in [1.807, 2.05) is 0 Å². The van der Waals surface area contributed by atoms with Crippen LogP contribution in [-0.4, -0.2) is 31.3 Å². The number of hydrogen-bond donors (Lipinski definition) is 0. The predicted molar refractivity (Wildman–Crippen MR) is 66.2 cm³/mol. The SMILES string of the molecule is CCOC(=O)c1c(C)cc(=O)n(N(C)C)c1C. The fraction of sp³-hybridized carbons (Fsp3) is 0.500. The molecule has 0 N–H and O–H groups in total. The summed E-state index contributed by atoms with van der Waals surface area (Å²) in [5.41, 5.74) is 1.54. The van der Waals surface area contributed by atoms with Crippen molar-refractivity contribution < 1.29 is 9.53 Å². The number of carbonyl (C=O) groups excluding carboxylic acids is 1. The van der Waals surface area contributed by atoms with E-state index in [2.05, 4.69) is 0 Å². The molecule has 0 unspecified atom stereocenters. The zero-order chi connectivity index (χ0) is 13.2. The molecule has 0 amide bonds. The Bertz CT molecular complexity index is 489. The van der Waals surface area contributed by atoms with Gasteiger partial charge in [-0.05, 0) is 26.3 Å². The van der Waals surface area contributed by atoms with E-state index in [4.69, 9.17) is 4.74 Å². The fourth-order valence-electron chi connectivity index (χ4n) is 1.88. The van der Waals surface area contributed by atoms with Gasteiger partial charge >= 0.3 is 5.97 Å². The van der Waals surface area contributed by atoms with Crippen molar-refractivity contribution in [2.75, 3.05) is 25.7 Å². The van der Waals surface area contributed by atoms with Crippen LogP contribution in [0.2, 0.25) is 0 Å². The second-order valence-electron chi connectivity index (χ2n) is 4.01. The molecular formula is C12H18N2O3. The molecule has 0 bridgehead atoms. The van der Waals surface area contributed by atoms with E-state index < -0.39 is 5.97 Å². The van der Waals surface area contributed by atoms with E-state index in [1.165, 1.54) is 10.7 Å². The standard InChI is InChI=1S/C12H18N2O3/c1-6-17-12(16)11-8(2)7-10(15)14(9(11)3)13(4)5/h7H,6H2,1-5H3. The number of esters is 1. The smallest absolute Gasteiger partial charge is 0.340 e. The van der Waals surface area contributed by atoms with Crippen molar-refractivity contribution in [2.45, 2.75) is 20.8 Å². The highest BCUT2D eigenvalue weighted by Gasteiger charge is 2.18. The summed E-state index contributed by atoms with van der Waals surface area (Å²) < 4.78 is 6.44. The molecule has 0 aliphatic rings. The minimum Gasteiger partial charge on any atom is -0.462 e. The van der Waals surface area contributed by atoms with Gasteiger partial charge in [-0.25, -0.2) is 9.47 Å². The van der Waals surface area contributed by atoms with Crippen LogP contribution in [0.25, 0.3) is 0 Å². The molecule has 0 saturated heterocycles. The number of rotatable bonds is 3. The first-order valence-corrected chi connectivity index (χ1v) is 5.48. The van der Waals surface area contributed by atoms with Crippen LogP contribution in [0.4, 0.5) is 0 Å². The molecule has 0 saturated carbocycles. The van der Waals surface area contributed by atoms with Crippen molar-refractivity contribution in [1.82, 2.24) is 4.68 Å². The highest BCUT2D eigenvalue weighted by atomic mass is 16.5. The summed E-state index contributed by atoms with van der Waals surface area (Å²) in [5.74, 6) is -0.391. The molecule has 1 aromatic heterocycles. The van der Waals surface area contributed by atoms with E-state index in [1.54, 1.807) is 39.9 Å². The summed E-state index contributed by atoms with van der Waals surface area (Å²) in [6, 6.07) is 1.44. The molecule has 94 valence electrons. The Labute approximate surface area is 101 Å². The zero-order valence-electron chi connectivity index (χ0n) is 10.9. The van der Waals surface area contributed by atoms with Crippen LogP contribution < -0.4 is 10.6 Å². The molecule has 0 fully saturated rings. The summed E-state index contributed by atoms with van der Waals surface area (Å²) in [7, 11) is 3.50. The Morgan fingerprint density at radius 1 is 1.41 bits per heavy atom. The first-order chi connectivity index (χ1) is 7.90. The Morgan fingerprint density at radius 2 is 2.00 bits per heavy atom. The van der Waals surface area contributed by atoms with Gasteiger partial charge in [0.05, 0.1) is 17.9 Å². The largest absolute Gasteiger partial charge is 0.462 e. The van der Waals surface area contributed by atoms with E-state index in [0.29, 0.717) is 23.4 Å². The lowest BCUT2D eigenvalue weighted by molar-refractivity contribution is 0.0523. The number of nitrogens with zero attached hydrogens (tertiary/aromatic N) is 2. The van der Waals surface area contributed by atoms with Crippen LogP contribution in [0.3, 0.4) is 0 Å². The zero-order valence-corrected chi connectivity index (χ0v) is 10.9. The lowest BCUT2D eigenvalue weighted by Gasteiger charge is -2.21. The van der Waals surface area contributed by atoms with Gasteiger partial charge in [-0.3, -0.25) is 4.79 Å². The molecule has 0 spiro atoms. The van der Waals surface area contributed by atoms with Crippen molar-refractivity contribution in [1.29, 1.82) is 0 Å². The minimum absolute atomic E-state index is 0.155. The van der Waals surface area contributed by atoms with Gasteiger partial charge in [0.25, 0.3) is 5.56 Å². The Morgan fingerprint density at radius 3 is 2.47 bits per heavy atom. The highest BCUT2D eigenvalue weighted by Crippen LogP contribution is 2.12. The van der Waals surface area contributed by atoms with Gasteiger partial charge in [-0.2, -0.15) is 0 Å². The normalized spacial score (nSPS) is 10.2. The number of aromatic nitrogens is 1. The van der Waals surface area contributed by atoms with E-state index in [-0.39, 0.29) is 5.56 Å². The monoisotopic (exact) mass is 238 g/mol. The maximum absolute atomic E-state index is 11.8. The van der Waals surface area contributed by atoms with Crippen LogP contribution in [0.5, 0.6) is 0 Å². The van der Waals surface area contributed by atoms with Crippen LogP contribution in [-0.2, 0) is 4.74 Å². The molecule has 0 radical (unpaired) electrons. The molecular weight excluding hydrogens is 220 g/mol. The van der Waals surface area contributed by atoms with E-state index in [9.17, 15) is 9.59 Å². The second-order valence-corrected chi connectivity index (χ2v) is 4.01. The number of aryl methyl sites for hydroxylation is 1. The fourth-order valence-corrected chi connectivity index (χ4v) is 1.88. The summed E-state index contributed by atoms with van der Waals surface area (Å²) in [6.45, 7) is 5.55. The van der Waals surface area contributed by atoms with Crippen molar-refractivity contribution >= 4 is 5.97 Å². The summed E-state index contributed by atoms with van der Waals surface area (Å²) >= 11 is 0. The maximum atomic E-state index is 11.8. The molecule has 0 aromatic carbocycles. The Balaban J connectivity index is 3.46. The number of pyridine rings is 1. The Kier molecular flexibility index (Phi) is 3.93. The minimum atomic E-state index is -0.391.